The zero-order valence-electron chi connectivity index (χ0n) is 12.8. The molecule has 1 heterocycles. The highest BCUT2D eigenvalue weighted by atomic mass is 35.5. The van der Waals surface area contributed by atoms with Crippen molar-refractivity contribution in [2.45, 2.75) is 13.3 Å². The first-order chi connectivity index (χ1) is 10.7. The van der Waals surface area contributed by atoms with Crippen LogP contribution in [0.2, 0.25) is 10.3 Å². The largest absolute Gasteiger partial charge is 0.337 e. The van der Waals surface area contributed by atoms with Gasteiger partial charge in [0.25, 0.3) is 0 Å². The molecular formula is C14H16Cl2N4O2S. The van der Waals surface area contributed by atoms with Crippen LogP contribution in [0, 0.1) is 0 Å². The molecule has 0 fully saturated rings. The number of rotatable bonds is 5. The van der Waals surface area contributed by atoms with Gasteiger partial charge in [-0.25, -0.2) is 13.4 Å². The number of anilines is 3. The van der Waals surface area contributed by atoms with Crippen LogP contribution >= 0.6 is 23.2 Å². The highest BCUT2D eigenvalue weighted by Gasteiger charge is 2.20. The first kappa shape index (κ1) is 17.8. The molecule has 0 aliphatic carbocycles. The van der Waals surface area contributed by atoms with Gasteiger partial charge in [0.1, 0.15) is 5.02 Å². The molecule has 0 radical (unpaired) electrons. The summed E-state index contributed by atoms with van der Waals surface area (Å²) in [5, 5.41) is 3.36. The number of nitrogens with zero attached hydrogens (tertiary/aromatic N) is 3. The highest BCUT2D eigenvalue weighted by molar-refractivity contribution is 7.92. The highest BCUT2D eigenvalue weighted by Crippen LogP contribution is 2.34. The summed E-state index contributed by atoms with van der Waals surface area (Å²) in [6.07, 6.45) is 3.20. The van der Waals surface area contributed by atoms with Crippen molar-refractivity contribution in [2.24, 2.45) is 0 Å². The molecule has 1 N–H and O–H groups in total. The molecule has 23 heavy (non-hydrogen) atoms. The Kier molecular flexibility index (Phi) is 5.33. The van der Waals surface area contributed by atoms with Crippen LogP contribution in [0.4, 0.5) is 17.2 Å². The molecule has 0 unspecified atom stereocenters. The summed E-state index contributed by atoms with van der Waals surface area (Å²) in [7, 11) is -1.92. The summed E-state index contributed by atoms with van der Waals surface area (Å²) in [6.45, 7) is 1.95. The van der Waals surface area contributed by atoms with Crippen molar-refractivity contribution in [3.8, 4) is 0 Å². The Bertz CT molecular complexity index is 828. The number of sulfonamides is 1. The number of hydrogen-bond acceptors (Lipinski definition) is 5. The van der Waals surface area contributed by atoms with E-state index in [1.54, 1.807) is 6.07 Å². The number of aryl methyl sites for hydroxylation is 1. The van der Waals surface area contributed by atoms with Gasteiger partial charge in [0, 0.05) is 7.05 Å². The Morgan fingerprint density at radius 3 is 2.61 bits per heavy atom. The van der Waals surface area contributed by atoms with Gasteiger partial charge in [-0.3, -0.25) is 4.31 Å². The van der Waals surface area contributed by atoms with Gasteiger partial charge >= 0.3 is 0 Å². The molecule has 0 aliphatic heterocycles. The number of nitrogens with one attached hydrogen (secondary N) is 1. The fourth-order valence-corrected chi connectivity index (χ4v) is 2.89. The van der Waals surface area contributed by atoms with Crippen molar-refractivity contribution in [3.63, 3.8) is 0 Å². The van der Waals surface area contributed by atoms with Crippen LogP contribution in [-0.2, 0) is 16.4 Å². The minimum Gasteiger partial charge on any atom is -0.337 e. The van der Waals surface area contributed by atoms with E-state index >= 15 is 0 Å². The Hall–Kier alpha value is -1.57. The summed E-state index contributed by atoms with van der Waals surface area (Å²) in [6, 6.07) is 5.46. The fourth-order valence-electron chi connectivity index (χ4n) is 2.08. The maximum atomic E-state index is 12.0. The summed E-state index contributed by atoms with van der Waals surface area (Å²) in [5.41, 5.74) is 1.98. The third-order valence-electron chi connectivity index (χ3n) is 3.28. The number of para-hydroxylation sites is 1. The third-order valence-corrected chi connectivity index (χ3v) is 4.92. The lowest BCUT2D eigenvalue weighted by molar-refractivity contribution is 0.600. The van der Waals surface area contributed by atoms with E-state index in [1.165, 1.54) is 17.5 Å². The molecule has 0 saturated heterocycles. The molecule has 0 bridgehead atoms. The lowest BCUT2D eigenvalue weighted by Crippen LogP contribution is -2.26. The maximum Gasteiger partial charge on any atom is 0.232 e. The molecule has 1 aromatic carbocycles. The van der Waals surface area contributed by atoms with Gasteiger partial charge in [-0.15, -0.1) is 0 Å². The van der Waals surface area contributed by atoms with E-state index in [9.17, 15) is 8.42 Å². The van der Waals surface area contributed by atoms with E-state index in [4.69, 9.17) is 23.2 Å². The van der Waals surface area contributed by atoms with E-state index in [1.807, 2.05) is 19.1 Å². The third kappa shape index (κ3) is 4.04. The summed E-state index contributed by atoms with van der Waals surface area (Å²) in [5.74, 6) is 0.308. The van der Waals surface area contributed by atoms with Gasteiger partial charge < -0.3 is 5.32 Å². The van der Waals surface area contributed by atoms with Crippen molar-refractivity contribution in [1.29, 1.82) is 0 Å². The van der Waals surface area contributed by atoms with E-state index in [2.05, 4.69) is 15.3 Å². The second kappa shape index (κ2) is 6.90. The van der Waals surface area contributed by atoms with Crippen molar-refractivity contribution in [2.75, 3.05) is 22.9 Å². The Morgan fingerprint density at radius 2 is 2.00 bits per heavy atom. The summed E-state index contributed by atoms with van der Waals surface area (Å²) >= 11 is 11.9. The van der Waals surface area contributed by atoms with Gasteiger partial charge in [-0.1, -0.05) is 30.7 Å². The van der Waals surface area contributed by atoms with Gasteiger partial charge in [0.2, 0.25) is 15.3 Å². The van der Waals surface area contributed by atoms with Crippen molar-refractivity contribution in [3.05, 3.63) is 40.3 Å². The smallest absolute Gasteiger partial charge is 0.232 e. The molecule has 6 nitrogen and oxygen atoms in total. The van der Waals surface area contributed by atoms with E-state index < -0.39 is 10.0 Å². The van der Waals surface area contributed by atoms with Crippen molar-refractivity contribution < 1.29 is 8.42 Å². The second-order valence-corrected chi connectivity index (χ2v) is 7.62. The summed E-state index contributed by atoms with van der Waals surface area (Å²) < 4.78 is 25.1. The molecule has 0 amide bonds. The number of benzene rings is 1. The Labute approximate surface area is 145 Å². The van der Waals surface area contributed by atoms with Gasteiger partial charge in [0.15, 0.2) is 5.82 Å². The molecule has 2 aromatic rings. The summed E-state index contributed by atoms with van der Waals surface area (Å²) in [4.78, 5) is 7.82. The first-order valence-electron chi connectivity index (χ1n) is 6.75. The molecule has 9 heteroatoms. The number of hydrogen-bond donors (Lipinski definition) is 1. The van der Waals surface area contributed by atoms with Crippen LogP contribution in [0.25, 0.3) is 0 Å². The molecule has 0 saturated carbocycles. The normalized spacial score (nSPS) is 11.3. The monoisotopic (exact) mass is 374 g/mol. The van der Waals surface area contributed by atoms with E-state index in [0.717, 1.165) is 11.8 Å². The number of halogens is 2. The predicted octanol–water partition coefficient (Wildman–Crippen LogP) is 3.49. The quantitative estimate of drug-likeness (QED) is 0.810. The van der Waals surface area contributed by atoms with Crippen LogP contribution in [0.5, 0.6) is 0 Å². The molecule has 1 aromatic heterocycles. The van der Waals surface area contributed by atoms with Gasteiger partial charge in [-0.2, -0.15) is 4.98 Å². The minimum absolute atomic E-state index is 0.0431. The minimum atomic E-state index is -3.42. The van der Waals surface area contributed by atoms with Crippen molar-refractivity contribution in [1.82, 2.24) is 9.97 Å². The molecular weight excluding hydrogens is 359 g/mol. The van der Waals surface area contributed by atoms with Crippen LogP contribution in [0.3, 0.4) is 0 Å². The van der Waals surface area contributed by atoms with Crippen molar-refractivity contribution >= 4 is 50.4 Å². The lowest BCUT2D eigenvalue weighted by atomic mass is 10.1. The standard InChI is InChI=1S/C14H16Cl2N4O2S/c1-4-9-6-5-7-11(12(9)20(2)23(3,21)22)18-13-10(15)8-17-14(16)19-13/h5-8H,4H2,1-3H3,(H,17,18,19). The molecule has 124 valence electrons. The SMILES string of the molecule is CCc1cccc(Nc2nc(Cl)ncc2Cl)c1N(C)S(C)(=O)=O. The van der Waals surface area contributed by atoms with Crippen LogP contribution < -0.4 is 9.62 Å². The molecule has 0 spiro atoms. The van der Waals surface area contributed by atoms with Gasteiger partial charge in [-0.05, 0) is 29.7 Å². The van der Waals surface area contributed by atoms with Crippen LogP contribution in [0.15, 0.2) is 24.4 Å². The second-order valence-electron chi connectivity index (χ2n) is 4.86. The average Bonchev–Trinajstić information content (AvgIpc) is 2.49. The molecule has 0 aliphatic rings. The van der Waals surface area contributed by atoms with E-state index in [0.29, 0.717) is 23.6 Å². The van der Waals surface area contributed by atoms with Gasteiger partial charge in [0.05, 0.1) is 23.8 Å². The number of aromatic nitrogens is 2. The predicted molar refractivity (Wildman–Crippen MR) is 94.4 cm³/mol. The average molecular weight is 375 g/mol. The Morgan fingerprint density at radius 1 is 1.30 bits per heavy atom. The van der Waals surface area contributed by atoms with E-state index in [-0.39, 0.29) is 10.3 Å². The molecule has 0 atom stereocenters. The topological polar surface area (TPSA) is 75.2 Å². The first-order valence-corrected chi connectivity index (χ1v) is 9.35. The lowest BCUT2D eigenvalue weighted by Gasteiger charge is -2.24. The zero-order chi connectivity index (χ0) is 17.2. The van der Waals surface area contributed by atoms with Crippen LogP contribution in [0.1, 0.15) is 12.5 Å². The van der Waals surface area contributed by atoms with Crippen LogP contribution in [-0.4, -0.2) is 31.7 Å². The zero-order valence-corrected chi connectivity index (χ0v) is 15.2. The maximum absolute atomic E-state index is 12.0. The fraction of sp³-hybridized carbons (Fsp3) is 0.286. The Balaban J connectivity index is 2.56. The molecule has 2 rings (SSSR count).